The van der Waals surface area contributed by atoms with Gasteiger partial charge in [-0.05, 0) is 30.3 Å². The number of carbonyl (C=O) groups excluding carboxylic acids is 2. The molecule has 0 aromatic heterocycles. The predicted octanol–water partition coefficient (Wildman–Crippen LogP) is 2.75. The van der Waals surface area contributed by atoms with Crippen LogP contribution in [-0.2, 0) is 14.8 Å². The lowest BCUT2D eigenvalue weighted by molar-refractivity contribution is 0.0602. The number of benzene rings is 2. The van der Waals surface area contributed by atoms with Gasteiger partial charge in [0, 0.05) is 5.56 Å². The number of hydrogen-bond acceptors (Lipinski definition) is 5. The second-order valence-corrected chi connectivity index (χ2v) is 7.22. The lowest BCUT2D eigenvalue weighted by Gasteiger charge is -2.11. The Balaban J connectivity index is 2.31. The number of hydrogen-bond donors (Lipinski definition) is 2. The zero-order valence-corrected chi connectivity index (χ0v) is 14.9. The van der Waals surface area contributed by atoms with E-state index >= 15 is 0 Å². The summed E-state index contributed by atoms with van der Waals surface area (Å²) in [7, 11) is -2.31. The fourth-order valence-electron chi connectivity index (χ4n) is 2.02. The van der Waals surface area contributed by atoms with Gasteiger partial charge in [-0.25, -0.2) is 13.2 Å². The maximum absolute atomic E-state index is 12.4. The molecule has 132 valence electrons. The number of halogens is 1. The molecule has 7 nitrogen and oxygen atoms in total. The molecule has 1 amide bonds. The van der Waals surface area contributed by atoms with E-state index in [4.69, 9.17) is 11.6 Å². The Kier molecular flexibility index (Phi) is 5.66. The van der Waals surface area contributed by atoms with Crippen LogP contribution < -0.4 is 10.0 Å². The highest BCUT2D eigenvalue weighted by Gasteiger charge is 2.16. The SMILES string of the molecule is COC(=O)c1ccccc1NC(=O)c1ccc(Cl)c(NS(C)(=O)=O)c1. The molecule has 2 rings (SSSR count). The van der Waals surface area contributed by atoms with Crippen molar-refractivity contribution in [3.8, 4) is 0 Å². The smallest absolute Gasteiger partial charge is 0.339 e. The first-order valence-corrected chi connectivity index (χ1v) is 9.24. The molecule has 0 aliphatic carbocycles. The molecule has 0 unspecified atom stereocenters. The van der Waals surface area contributed by atoms with Gasteiger partial charge in [0.1, 0.15) is 0 Å². The number of carbonyl (C=O) groups is 2. The molecule has 9 heteroatoms. The van der Waals surface area contributed by atoms with Crippen LogP contribution in [0.1, 0.15) is 20.7 Å². The summed E-state index contributed by atoms with van der Waals surface area (Å²) >= 11 is 5.93. The van der Waals surface area contributed by atoms with Gasteiger partial charge in [0.15, 0.2) is 0 Å². The predicted molar refractivity (Wildman–Crippen MR) is 95.7 cm³/mol. The molecule has 2 N–H and O–H groups in total. The highest BCUT2D eigenvalue weighted by Crippen LogP contribution is 2.25. The number of methoxy groups -OCH3 is 1. The summed E-state index contributed by atoms with van der Waals surface area (Å²) < 4.78 is 29.6. The Morgan fingerprint density at radius 3 is 2.40 bits per heavy atom. The zero-order valence-electron chi connectivity index (χ0n) is 13.4. The molecule has 0 spiro atoms. The minimum Gasteiger partial charge on any atom is -0.465 e. The van der Waals surface area contributed by atoms with Gasteiger partial charge < -0.3 is 10.1 Å². The summed E-state index contributed by atoms with van der Waals surface area (Å²) in [5.41, 5.74) is 0.710. The highest BCUT2D eigenvalue weighted by atomic mass is 35.5. The number of para-hydroxylation sites is 1. The van der Waals surface area contributed by atoms with Crippen LogP contribution >= 0.6 is 11.6 Å². The number of sulfonamides is 1. The summed E-state index contributed by atoms with van der Waals surface area (Å²) in [5.74, 6) is -1.13. The van der Waals surface area contributed by atoms with E-state index in [2.05, 4.69) is 14.8 Å². The third kappa shape index (κ3) is 4.94. The Morgan fingerprint density at radius 2 is 1.76 bits per heavy atom. The maximum atomic E-state index is 12.4. The van der Waals surface area contributed by atoms with Crippen molar-refractivity contribution in [2.75, 3.05) is 23.4 Å². The topological polar surface area (TPSA) is 102 Å². The number of nitrogens with one attached hydrogen (secondary N) is 2. The van der Waals surface area contributed by atoms with Crippen LogP contribution in [0.5, 0.6) is 0 Å². The Hall–Kier alpha value is -2.58. The van der Waals surface area contributed by atoms with Gasteiger partial charge in [0.2, 0.25) is 10.0 Å². The molecular formula is C16H15ClN2O5S. The maximum Gasteiger partial charge on any atom is 0.339 e. The van der Waals surface area contributed by atoms with Gasteiger partial charge >= 0.3 is 5.97 Å². The van der Waals surface area contributed by atoms with Crippen molar-refractivity contribution >= 4 is 44.9 Å². The van der Waals surface area contributed by atoms with Crippen molar-refractivity contribution in [1.29, 1.82) is 0 Å². The van der Waals surface area contributed by atoms with Gasteiger partial charge in [-0.15, -0.1) is 0 Å². The quantitative estimate of drug-likeness (QED) is 0.774. The second-order valence-electron chi connectivity index (χ2n) is 5.06. The summed E-state index contributed by atoms with van der Waals surface area (Å²) in [6.07, 6.45) is 0.975. The number of anilines is 2. The van der Waals surface area contributed by atoms with Crippen LogP contribution in [0, 0.1) is 0 Å². The zero-order chi connectivity index (χ0) is 18.6. The van der Waals surface area contributed by atoms with E-state index in [1.165, 1.54) is 31.4 Å². The number of amides is 1. The van der Waals surface area contributed by atoms with Crippen LogP contribution in [0.25, 0.3) is 0 Å². The van der Waals surface area contributed by atoms with E-state index in [0.29, 0.717) is 0 Å². The van der Waals surface area contributed by atoms with E-state index in [1.54, 1.807) is 18.2 Å². The Labute approximate surface area is 150 Å². The van der Waals surface area contributed by atoms with E-state index < -0.39 is 21.9 Å². The third-order valence-electron chi connectivity index (χ3n) is 3.10. The molecule has 0 aliphatic rings. The monoisotopic (exact) mass is 382 g/mol. The molecule has 0 saturated heterocycles. The van der Waals surface area contributed by atoms with E-state index in [9.17, 15) is 18.0 Å². The van der Waals surface area contributed by atoms with Crippen molar-refractivity contribution in [2.24, 2.45) is 0 Å². The van der Waals surface area contributed by atoms with Crippen molar-refractivity contribution in [3.05, 3.63) is 58.6 Å². The van der Waals surface area contributed by atoms with Crippen molar-refractivity contribution < 1.29 is 22.7 Å². The van der Waals surface area contributed by atoms with E-state index in [0.717, 1.165) is 6.26 Å². The lowest BCUT2D eigenvalue weighted by Crippen LogP contribution is -2.16. The largest absolute Gasteiger partial charge is 0.465 e. The van der Waals surface area contributed by atoms with Gasteiger partial charge in [-0.3, -0.25) is 9.52 Å². The average Bonchev–Trinajstić information content (AvgIpc) is 2.55. The summed E-state index contributed by atoms with van der Waals surface area (Å²) in [6.45, 7) is 0. The normalized spacial score (nSPS) is 10.8. The Morgan fingerprint density at radius 1 is 1.08 bits per heavy atom. The molecule has 2 aromatic rings. The average molecular weight is 383 g/mol. The first kappa shape index (κ1) is 18.8. The fraction of sp³-hybridized carbons (Fsp3) is 0.125. The Bertz CT molecular complexity index is 928. The van der Waals surface area contributed by atoms with Crippen LogP contribution in [0.3, 0.4) is 0 Å². The molecular weight excluding hydrogens is 368 g/mol. The molecule has 0 fully saturated rings. The molecule has 0 heterocycles. The van der Waals surface area contributed by atoms with Crippen molar-refractivity contribution in [1.82, 2.24) is 0 Å². The van der Waals surface area contributed by atoms with Gasteiger partial charge in [0.25, 0.3) is 5.91 Å². The number of rotatable bonds is 5. The third-order valence-corrected chi connectivity index (χ3v) is 4.02. The standard InChI is InChI=1S/C16H15ClN2O5S/c1-24-16(21)11-5-3-4-6-13(11)18-15(20)10-7-8-12(17)14(9-10)19-25(2,22)23/h3-9,19H,1-2H3,(H,18,20). The number of ether oxygens (including phenoxy) is 1. The number of esters is 1. The van der Waals surface area contributed by atoms with E-state index in [-0.39, 0.29) is 27.5 Å². The second kappa shape index (κ2) is 7.54. The first-order chi connectivity index (χ1) is 11.7. The highest BCUT2D eigenvalue weighted by molar-refractivity contribution is 7.92. The van der Waals surface area contributed by atoms with Crippen molar-refractivity contribution in [3.63, 3.8) is 0 Å². The molecule has 0 aliphatic heterocycles. The van der Waals surface area contributed by atoms with Gasteiger partial charge in [-0.2, -0.15) is 0 Å². The molecule has 0 atom stereocenters. The van der Waals surface area contributed by atoms with Gasteiger partial charge in [-0.1, -0.05) is 23.7 Å². The van der Waals surface area contributed by atoms with Crippen molar-refractivity contribution in [2.45, 2.75) is 0 Å². The van der Waals surface area contributed by atoms with Crippen LogP contribution in [0.2, 0.25) is 5.02 Å². The van der Waals surface area contributed by atoms with Crippen LogP contribution in [0.15, 0.2) is 42.5 Å². The fourth-order valence-corrected chi connectivity index (χ4v) is 2.81. The molecule has 0 saturated carbocycles. The summed E-state index contributed by atoms with van der Waals surface area (Å²) in [6, 6.07) is 10.5. The molecule has 25 heavy (non-hydrogen) atoms. The van der Waals surface area contributed by atoms with Gasteiger partial charge in [0.05, 0.1) is 35.3 Å². The minimum absolute atomic E-state index is 0.0815. The summed E-state index contributed by atoms with van der Waals surface area (Å²) in [5, 5.41) is 2.74. The molecule has 0 radical (unpaired) electrons. The lowest BCUT2D eigenvalue weighted by atomic mass is 10.1. The molecule has 0 bridgehead atoms. The summed E-state index contributed by atoms with van der Waals surface area (Å²) in [4.78, 5) is 24.2. The first-order valence-electron chi connectivity index (χ1n) is 6.97. The minimum atomic E-state index is -3.55. The molecule has 2 aromatic carbocycles. The van der Waals surface area contributed by atoms with E-state index in [1.807, 2.05) is 0 Å². The van der Waals surface area contributed by atoms with Crippen LogP contribution in [0.4, 0.5) is 11.4 Å². The van der Waals surface area contributed by atoms with Crippen LogP contribution in [-0.4, -0.2) is 33.7 Å².